The average Bonchev–Trinajstić information content (AvgIpc) is 3.20. The van der Waals surface area contributed by atoms with Gasteiger partial charge in [0.15, 0.2) is 11.9 Å². The third kappa shape index (κ3) is 1.55. The lowest BCUT2D eigenvalue weighted by Gasteiger charge is -2.04. The van der Waals surface area contributed by atoms with Crippen LogP contribution in [0.25, 0.3) is 38.7 Å². The first-order chi connectivity index (χ1) is 12.3. The van der Waals surface area contributed by atoms with Gasteiger partial charge in [-0.05, 0) is 12.1 Å². The van der Waals surface area contributed by atoms with E-state index < -0.39 is 0 Å². The van der Waals surface area contributed by atoms with Crippen LogP contribution < -0.4 is 9.13 Å². The molecule has 0 N–H and O–H groups in total. The third-order valence-electron chi connectivity index (χ3n) is 5.45. The van der Waals surface area contributed by atoms with Gasteiger partial charge >= 0.3 is 5.65 Å². The Balaban J connectivity index is 1.95. The second kappa shape index (κ2) is 4.45. The minimum atomic E-state index is 0.944. The number of aryl methyl sites for hydroxylation is 1. The van der Waals surface area contributed by atoms with Gasteiger partial charge in [-0.15, -0.1) is 0 Å². The van der Waals surface area contributed by atoms with Crippen LogP contribution in [0.5, 0.6) is 0 Å². The second-order valence-corrected chi connectivity index (χ2v) is 6.86. The van der Waals surface area contributed by atoms with E-state index in [1.807, 2.05) is 0 Å². The van der Waals surface area contributed by atoms with Crippen molar-refractivity contribution < 1.29 is 9.13 Å². The zero-order valence-electron chi connectivity index (χ0n) is 14.0. The molecule has 25 heavy (non-hydrogen) atoms. The molecule has 3 heteroatoms. The number of imidazole rings is 1. The highest BCUT2D eigenvalue weighted by Gasteiger charge is 2.34. The minimum Gasteiger partial charge on any atom is -0.224 e. The molecular formula is C22H17N3+2. The fourth-order valence-corrected chi connectivity index (χ4v) is 4.39. The van der Waals surface area contributed by atoms with Crippen LogP contribution in [0.1, 0.15) is 5.56 Å². The molecule has 0 fully saturated rings. The van der Waals surface area contributed by atoms with Gasteiger partial charge < -0.3 is 0 Å². The molecule has 0 bridgehead atoms. The molecule has 4 heterocycles. The quantitative estimate of drug-likeness (QED) is 0.325. The maximum atomic E-state index is 2.43. The lowest BCUT2D eigenvalue weighted by atomic mass is 10.1. The molecule has 5 aromatic rings. The van der Waals surface area contributed by atoms with Gasteiger partial charge in [-0.25, -0.2) is 9.13 Å². The highest BCUT2D eigenvalue weighted by Crippen LogP contribution is 2.34. The number of para-hydroxylation sites is 1. The van der Waals surface area contributed by atoms with Crippen molar-refractivity contribution in [3.63, 3.8) is 0 Å². The van der Waals surface area contributed by atoms with Crippen LogP contribution in [0, 0.1) is 0 Å². The maximum absolute atomic E-state index is 2.43. The fraction of sp³-hybridized carbons (Fsp3) is 0.0909. The first kappa shape index (κ1) is 13.1. The van der Waals surface area contributed by atoms with Gasteiger partial charge in [0.25, 0.3) is 0 Å². The van der Waals surface area contributed by atoms with Gasteiger partial charge in [0.2, 0.25) is 5.52 Å². The van der Waals surface area contributed by atoms with Crippen LogP contribution in [0.2, 0.25) is 0 Å². The molecule has 1 aliphatic rings. The van der Waals surface area contributed by atoms with Crippen molar-refractivity contribution in [1.82, 2.24) is 4.40 Å². The van der Waals surface area contributed by atoms with Crippen LogP contribution in [-0.4, -0.2) is 4.40 Å². The number of fused-ring (bicyclic) bond motifs is 3. The summed E-state index contributed by atoms with van der Waals surface area (Å²) in [6.45, 7) is 0.944. The van der Waals surface area contributed by atoms with E-state index >= 15 is 0 Å². The summed E-state index contributed by atoms with van der Waals surface area (Å²) >= 11 is 0. The van der Waals surface area contributed by atoms with Gasteiger partial charge in [0, 0.05) is 17.2 Å². The molecule has 3 aromatic heterocycles. The molecule has 1 aliphatic heterocycles. The first-order valence-corrected chi connectivity index (χ1v) is 8.65. The number of hydrogen-bond acceptors (Lipinski definition) is 0. The van der Waals surface area contributed by atoms with Gasteiger partial charge in [0.05, 0.1) is 5.39 Å². The molecule has 6 rings (SSSR count). The van der Waals surface area contributed by atoms with Crippen molar-refractivity contribution in [3.05, 3.63) is 78.6 Å². The predicted molar refractivity (Wildman–Crippen MR) is 98.3 cm³/mol. The Labute approximate surface area is 145 Å². The van der Waals surface area contributed by atoms with Crippen LogP contribution in [0.15, 0.2) is 73.1 Å². The molecule has 0 saturated heterocycles. The summed E-state index contributed by atoms with van der Waals surface area (Å²) in [6.07, 6.45) is 4.49. The number of hydrogen-bond donors (Lipinski definition) is 0. The Morgan fingerprint density at radius 1 is 0.920 bits per heavy atom. The molecule has 0 aliphatic carbocycles. The molecule has 3 nitrogen and oxygen atoms in total. The van der Waals surface area contributed by atoms with Crippen molar-refractivity contribution in [2.45, 2.75) is 6.54 Å². The van der Waals surface area contributed by atoms with E-state index in [2.05, 4.69) is 93.6 Å². The minimum absolute atomic E-state index is 0.944. The zero-order chi connectivity index (χ0) is 16.5. The third-order valence-corrected chi connectivity index (χ3v) is 5.45. The Bertz CT molecular complexity index is 1310. The summed E-state index contributed by atoms with van der Waals surface area (Å²) in [5, 5.41) is 2.68. The number of aromatic nitrogens is 3. The summed E-state index contributed by atoms with van der Waals surface area (Å²) < 4.78 is 7.09. The summed E-state index contributed by atoms with van der Waals surface area (Å²) in [5.74, 6) is 0. The second-order valence-electron chi connectivity index (χ2n) is 6.86. The summed E-state index contributed by atoms with van der Waals surface area (Å²) in [7, 11) is 2.14. The summed E-state index contributed by atoms with van der Waals surface area (Å²) in [6, 6.07) is 21.7. The van der Waals surface area contributed by atoms with Crippen molar-refractivity contribution in [2.75, 3.05) is 0 Å². The Morgan fingerprint density at radius 3 is 2.60 bits per heavy atom. The molecule has 0 atom stereocenters. The summed E-state index contributed by atoms with van der Waals surface area (Å²) in [4.78, 5) is 0. The van der Waals surface area contributed by atoms with Crippen LogP contribution >= 0.6 is 0 Å². The van der Waals surface area contributed by atoms with Crippen LogP contribution in [0.3, 0.4) is 0 Å². The standard InChI is InChI=1S/C22H17N3/c1-23-12-11-16-13-24-14-19(15-7-3-2-4-8-15)25-18-10-6-5-9-17(18)21(23)20(16)22(24)25/h2-12,14H,13H2,1H3/q+2. The van der Waals surface area contributed by atoms with E-state index in [0.717, 1.165) is 6.54 Å². The zero-order valence-corrected chi connectivity index (χ0v) is 14.0. The van der Waals surface area contributed by atoms with E-state index in [-0.39, 0.29) is 0 Å². The van der Waals surface area contributed by atoms with Gasteiger partial charge in [-0.1, -0.05) is 42.5 Å². The molecular weight excluding hydrogens is 306 g/mol. The van der Waals surface area contributed by atoms with Crippen molar-refractivity contribution in [3.8, 4) is 11.3 Å². The van der Waals surface area contributed by atoms with Crippen molar-refractivity contribution in [2.24, 2.45) is 7.05 Å². The lowest BCUT2D eigenvalue weighted by Crippen LogP contribution is -2.28. The van der Waals surface area contributed by atoms with Crippen LogP contribution in [0.4, 0.5) is 0 Å². The van der Waals surface area contributed by atoms with Gasteiger partial charge in [0.1, 0.15) is 30.7 Å². The molecule has 0 amide bonds. The number of benzene rings is 2. The molecule has 118 valence electrons. The molecule has 0 unspecified atom stereocenters. The Hall–Kier alpha value is -3.20. The molecule has 2 aromatic carbocycles. The fourth-order valence-electron chi connectivity index (χ4n) is 4.39. The molecule has 0 radical (unpaired) electrons. The smallest absolute Gasteiger partial charge is 0.224 e. The Kier molecular flexibility index (Phi) is 2.34. The van der Waals surface area contributed by atoms with Crippen molar-refractivity contribution in [1.29, 1.82) is 0 Å². The van der Waals surface area contributed by atoms with E-state index in [0.29, 0.717) is 0 Å². The van der Waals surface area contributed by atoms with Crippen molar-refractivity contribution >= 4 is 27.5 Å². The summed E-state index contributed by atoms with van der Waals surface area (Å²) in [5.41, 5.74) is 7.81. The van der Waals surface area contributed by atoms with E-state index in [1.165, 1.54) is 44.3 Å². The predicted octanol–water partition coefficient (Wildman–Crippen LogP) is 3.39. The van der Waals surface area contributed by atoms with Gasteiger partial charge in [-0.2, -0.15) is 4.40 Å². The highest BCUT2D eigenvalue weighted by molar-refractivity contribution is 6.09. The lowest BCUT2D eigenvalue weighted by molar-refractivity contribution is -0.657. The topological polar surface area (TPSA) is 12.2 Å². The molecule has 0 spiro atoms. The normalized spacial score (nSPS) is 12.8. The van der Waals surface area contributed by atoms with Gasteiger partial charge in [-0.3, -0.25) is 0 Å². The Morgan fingerprint density at radius 2 is 1.72 bits per heavy atom. The van der Waals surface area contributed by atoms with E-state index in [4.69, 9.17) is 0 Å². The number of rotatable bonds is 1. The van der Waals surface area contributed by atoms with E-state index in [1.54, 1.807) is 0 Å². The number of pyridine rings is 2. The first-order valence-electron chi connectivity index (χ1n) is 8.65. The SMILES string of the molecule is C[n+]1ccc2c3c1c1ccccc1n1c(-c4ccccc4)c[n+](c31)C2. The monoisotopic (exact) mass is 323 g/mol. The largest absolute Gasteiger partial charge is 0.302 e. The van der Waals surface area contributed by atoms with E-state index in [9.17, 15) is 0 Å². The number of nitrogens with zero attached hydrogens (tertiary/aromatic N) is 3. The highest BCUT2D eigenvalue weighted by atomic mass is 15.1. The van der Waals surface area contributed by atoms with Crippen LogP contribution in [-0.2, 0) is 13.6 Å². The average molecular weight is 323 g/mol. The molecule has 0 saturated carbocycles. The maximum Gasteiger partial charge on any atom is 0.302 e.